The summed E-state index contributed by atoms with van der Waals surface area (Å²) in [6, 6.07) is 0.386. The molecule has 3 unspecified atom stereocenters. The third-order valence-corrected chi connectivity index (χ3v) is 3.14. The third kappa shape index (κ3) is 3.18. The number of ether oxygens (including phenoxy) is 1. The summed E-state index contributed by atoms with van der Waals surface area (Å²) < 4.78 is 5.50. The summed E-state index contributed by atoms with van der Waals surface area (Å²) >= 11 is 0. The van der Waals surface area contributed by atoms with Crippen molar-refractivity contribution in [2.45, 2.75) is 39.3 Å². The molecule has 3 atom stereocenters. The van der Waals surface area contributed by atoms with E-state index in [-0.39, 0.29) is 12.0 Å². The minimum absolute atomic E-state index is 0.228. The lowest BCUT2D eigenvalue weighted by Crippen LogP contribution is -2.43. The molecular weight excluding hydrogens is 194 g/mol. The van der Waals surface area contributed by atoms with Gasteiger partial charge < -0.3 is 9.84 Å². The molecule has 0 saturated carbocycles. The zero-order valence-corrected chi connectivity index (χ0v) is 9.77. The fourth-order valence-corrected chi connectivity index (χ4v) is 2.13. The molecule has 1 aliphatic rings. The Labute approximate surface area is 91.2 Å². The molecule has 0 aromatic rings. The largest absolute Gasteiger partial charge is 0.481 e. The highest BCUT2D eigenvalue weighted by atomic mass is 16.5. The van der Waals surface area contributed by atoms with Gasteiger partial charge in [-0.05, 0) is 19.9 Å². The molecule has 0 spiro atoms. The molecule has 0 aliphatic carbocycles. The van der Waals surface area contributed by atoms with Crippen LogP contribution < -0.4 is 0 Å². The van der Waals surface area contributed by atoms with E-state index in [9.17, 15) is 4.79 Å². The van der Waals surface area contributed by atoms with Gasteiger partial charge in [-0.2, -0.15) is 0 Å². The summed E-state index contributed by atoms with van der Waals surface area (Å²) in [7, 11) is 0. The normalized spacial score (nSPS) is 28.3. The quantitative estimate of drug-likeness (QED) is 0.749. The molecule has 0 bridgehead atoms. The first-order valence-electron chi connectivity index (χ1n) is 5.64. The molecule has 0 aromatic carbocycles. The molecular formula is C11H21NO3. The van der Waals surface area contributed by atoms with Crippen molar-refractivity contribution in [2.24, 2.45) is 5.92 Å². The molecule has 1 fully saturated rings. The average Bonchev–Trinajstić information content (AvgIpc) is 2.60. The Bertz CT molecular complexity index is 220. The van der Waals surface area contributed by atoms with Crippen LogP contribution >= 0.6 is 0 Å². The standard InChI is InChI=1S/C11H21NO3/c1-4-12(7-8(2)11(13)14)10-5-6-15-9(10)3/h8-10H,4-7H2,1-3H3,(H,13,14). The molecule has 1 heterocycles. The topological polar surface area (TPSA) is 49.8 Å². The van der Waals surface area contributed by atoms with Crippen molar-refractivity contribution in [1.82, 2.24) is 4.90 Å². The highest BCUT2D eigenvalue weighted by Gasteiger charge is 2.30. The maximum absolute atomic E-state index is 10.8. The number of likely N-dealkylation sites (N-methyl/N-ethyl adjacent to an activating group) is 1. The molecule has 15 heavy (non-hydrogen) atoms. The van der Waals surface area contributed by atoms with Crippen LogP contribution in [0.4, 0.5) is 0 Å². The number of hydrogen-bond acceptors (Lipinski definition) is 3. The van der Waals surface area contributed by atoms with Crippen LogP contribution in [-0.4, -0.2) is 47.8 Å². The van der Waals surface area contributed by atoms with E-state index in [4.69, 9.17) is 9.84 Å². The Hall–Kier alpha value is -0.610. The van der Waals surface area contributed by atoms with Crippen molar-refractivity contribution >= 4 is 5.97 Å². The van der Waals surface area contributed by atoms with Crippen molar-refractivity contribution in [3.8, 4) is 0 Å². The molecule has 1 saturated heterocycles. The predicted octanol–water partition coefficient (Wildman–Crippen LogP) is 1.21. The second kappa shape index (κ2) is 5.47. The maximum atomic E-state index is 10.8. The lowest BCUT2D eigenvalue weighted by Gasteiger charge is -2.30. The number of carboxylic acids is 1. The lowest BCUT2D eigenvalue weighted by atomic mass is 10.1. The molecule has 0 aromatic heterocycles. The van der Waals surface area contributed by atoms with Crippen LogP contribution in [0.25, 0.3) is 0 Å². The molecule has 88 valence electrons. The van der Waals surface area contributed by atoms with Crippen molar-refractivity contribution in [2.75, 3.05) is 19.7 Å². The van der Waals surface area contributed by atoms with Crippen LogP contribution in [0, 0.1) is 5.92 Å². The average molecular weight is 215 g/mol. The Morgan fingerprint density at radius 2 is 2.33 bits per heavy atom. The molecule has 0 radical (unpaired) electrons. The monoisotopic (exact) mass is 215 g/mol. The van der Waals surface area contributed by atoms with Crippen LogP contribution in [-0.2, 0) is 9.53 Å². The zero-order valence-electron chi connectivity index (χ0n) is 9.77. The van der Waals surface area contributed by atoms with E-state index in [1.807, 2.05) is 0 Å². The predicted molar refractivity (Wildman–Crippen MR) is 57.9 cm³/mol. The van der Waals surface area contributed by atoms with Gasteiger partial charge in [0.25, 0.3) is 0 Å². The summed E-state index contributed by atoms with van der Waals surface area (Å²) in [5.41, 5.74) is 0. The maximum Gasteiger partial charge on any atom is 0.307 e. The van der Waals surface area contributed by atoms with E-state index >= 15 is 0 Å². The van der Waals surface area contributed by atoms with Gasteiger partial charge in [-0.3, -0.25) is 9.69 Å². The van der Waals surface area contributed by atoms with Crippen LogP contribution in [0.5, 0.6) is 0 Å². The van der Waals surface area contributed by atoms with Crippen molar-refractivity contribution in [1.29, 1.82) is 0 Å². The van der Waals surface area contributed by atoms with Gasteiger partial charge in [0.2, 0.25) is 0 Å². The van der Waals surface area contributed by atoms with Crippen molar-refractivity contribution < 1.29 is 14.6 Å². The second-order valence-electron chi connectivity index (χ2n) is 4.26. The van der Waals surface area contributed by atoms with Gasteiger partial charge in [0.05, 0.1) is 12.0 Å². The van der Waals surface area contributed by atoms with Gasteiger partial charge in [0.1, 0.15) is 0 Å². The first-order chi connectivity index (χ1) is 7.06. The van der Waals surface area contributed by atoms with Crippen molar-refractivity contribution in [3.63, 3.8) is 0 Å². The number of rotatable bonds is 5. The van der Waals surface area contributed by atoms with Gasteiger partial charge in [-0.25, -0.2) is 0 Å². The van der Waals surface area contributed by atoms with Crippen LogP contribution in [0.2, 0.25) is 0 Å². The van der Waals surface area contributed by atoms with Crippen molar-refractivity contribution in [3.05, 3.63) is 0 Å². The number of carbonyl (C=O) groups is 1. The molecule has 0 amide bonds. The molecule has 1 rings (SSSR count). The summed E-state index contributed by atoms with van der Waals surface area (Å²) in [5.74, 6) is -1.03. The van der Waals surface area contributed by atoms with Gasteiger partial charge in [-0.1, -0.05) is 13.8 Å². The summed E-state index contributed by atoms with van der Waals surface area (Å²) in [4.78, 5) is 13.0. The Balaban J connectivity index is 2.51. The number of carboxylic acid groups (broad SMARTS) is 1. The van der Waals surface area contributed by atoms with E-state index in [1.165, 1.54) is 0 Å². The number of nitrogens with zero attached hydrogens (tertiary/aromatic N) is 1. The molecule has 4 heteroatoms. The molecule has 4 nitrogen and oxygen atoms in total. The highest BCUT2D eigenvalue weighted by molar-refractivity contribution is 5.69. The Morgan fingerprint density at radius 1 is 1.67 bits per heavy atom. The zero-order chi connectivity index (χ0) is 11.4. The third-order valence-electron chi connectivity index (χ3n) is 3.14. The fraction of sp³-hybridized carbons (Fsp3) is 0.909. The first-order valence-corrected chi connectivity index (χ1v) is 5.64. The van der Waals surface area contributed by atoms with E-state index in [1.54, 1.807) is 6.92 Å². The minimum atomic E-state index is -0.722. The van der Waals surface area contributed by atoms with E-state index in [2.05, 4.69) is 18.7 Å². The molecule has 1 N–H and O–H groups in total. The van der Waals surface area contributed by atoms with Crippen LogP contribution in [0.3, 0.4) is 0 Å². The lowest BCUT2D eigenvalue weighted by molar-refractivity contribution is -0.142. The smallest absolute Gasteiger partial charge is 0.307 e. The van der Waals surface area contributed by atoms with Crippen LogP contribution in [0.15, 0.2) is 0 Å². The SMILES string of the molecule is CCN(CC(C)C(=O)O)C1CCOC1C. The Kier molecular flexibility index (Phi) is 4.54. The van der Waals surface area contributed by atoms with E-state index in [0.717, 1.165) is 19.6 Å². The summed E-state index contributed by atoms with van der Waals surface area (Å²) in [6.45, 7) is 8.18. The summed E-state index contributed by atoms with van der Waals surface area (Å²) in [5, 5.41) is 8.88. The van der Waals surface area contributed by atoms with Crippen LogP contribution in [0.1, 0.15) is 27.2 Å². The van der Waals surface area contributed by atoms with E-state index < -0.39 is 5.97 Å². The van der Waals surface area contributed by atoms with Gasteiger partial charge >= 0.3 is 5.97 Å². The highest BCUT2D eigenvalue weighted by Crippen LogP contribution is 2.20. The van der Waals surface area contributed by atoms with Gasteiger partial charge in [0, 0.05) is 19.2 Å². The Morgan fingerprint density at radius 3 is 2.73 bits per heavy atom. The minimum Gasteiger partial charge on any atom is -0.481 e. The van der Waals surface area contributed by atoms with E-state index in [0.29, 0.717) is 12.6 Å². The first kappa shape index (κ1) is 12.5. The summed E-state index contributed by atoms with van der Waals surface area (Å²) in [6.07, 6.45) is 1.24. The van der Waals surface area contributed by atoms with Gasteiger partial charge in [0.15, 0.2) is 0 Å². The second-order valence-corrected chi connectivity index (χ2v) is 4.26. The number of hydrogen-bond donors (Lipinski definition) is 1. The van der Waals surface area contributed by atoms with Gasteiger partial charge in [-0.15, -0.1) is 0 Å². The number of aliphatic carboxylic acids is 1. The fourth-order valence-electron chi connectivity index (χ4n) is 2.13. The molecule has 1 aliphatic heterocycles.